The zero-order valence-electron chi connectivity index (χ0n) is 13.1. The molecule has 0 saturated carbocycles. The molecule has 0 spiro atoms. The van der Waals surface area contributed by atoms with Gasteiger partial charge >= 0.3 is 0 Å². The van der Waals surface area contributed by atoms with Crippen molar-refractivity contribution in [3.05, 3.63) is 28.7 Å². The van der Waals surface area contributed by atoms with Gasteiger partial charge in [-0.3, -0.25) is 10.1 Å². The zero-order chi connectivity index (χ0) is 16.8. The topological polar surface area (TPSA) is 64.1 Å². The number of carbonyl (C=O) groups excluding carboxylic acids is 1. The molecule has 1 amide bonds. The molecule has 0 aliphatic heterocycles. The number of rotatable bonds is 7. The van der Waals surface area contributed by atoms with Crippen LogP contribution >= 0.6 is 39.0 Å². The van der Waals surface area contributed by atoms with E-state index in [4.69, 9.17) is 4.74 Å². The highest BCUT2D eigenvalue weighted by Gasteiger charge is 2.17. The van der Waals surface area contributed by atoms with E-state index in [1.807, 2.05) is 12.1 Å². The van der Waals surface area contributed by atoms with Crippen molar-refractivity contribution in [2.45, 2.75) is 31.2 Å². The smallest absolute Gasteiger partial charge is 0.266 e. The predicted molar refractivity (Wildman–Crippen MR) is 98.3 cm³/mol. The van der Waals surface area contributed by atoms with Crippen LogP contribution in [0.1, 0.15) is 20.8 Å². The molecule has 124 valence electrons. The third-order valence-electron chi connectivity index (χ3n) is 2.67. The average Bonchev–Trinajstić information content (AvgIpc) is 2.95. The van der Waals surface area contributed by atoms with Gasteiger partial charge in [-0.15, -0.1) is 10.2 Å². The van der Waals surface area contributed by atoms with Gasteiger partial charge in [-0.2, -0.15) is 0 Å². The van der Waals surface area contributed by atoms with Crippen LogP contribution in [0.25, 0.3) is 0 Å². The number of halogens is 1. The summed E-state index contributed by atoms with van der Waals surface area (Å²) in [5.41, 5.74) is 0. The minimum Gasteiger partial charge on any atom is -0.481 e. The Bertz CT molecular complexity index is 646. The molecular formula is C15H18BrN3O2S2. The van der Waals surface area contributed by atoms with E-state index in [1.165, 1.54) is 11.3 Å². The fourth-order valence-electron chi connectivity index (χ4n) is 1.53. The van der Waals surface area contributed by atoms with Crippen molar-refractivity contribution >= 4 is 50.1 Å². The number of benzene rings is 1. The van der Waals surface area contributed by atoms with Crippen LogP contribution in [-0.4, -0.2) is 28.0 Å². The van der Waals surface area contributed by atoms with Gasteiger partial charge in [0.15, 0.2) is 10.4 Å². The first kappa shape index (κ1) is 18.2. The van der Waals surface area contributed by atoms with Crippen molar-refractivity contribution in [3.63, 3.8) is 0 Å². The Balaban J connectivity index is 1.86. The lowest BCUT2D eigenvalue weighted by Crippen LogP contribution is -2.30. The Morgan fingerprint density at radius 2 is 2.00 bits per heavy atom. The van der Waals surface area contributed by atoms with Gasteiger partial charge in [-0.1, -0.05) is 52.9 Å². The molecule has 23 heavy (non-hydrogen) atoms. The van der Waals surface area contributed by atoms with Crippen LogP contribution in [-0.2, 0) is 4.79 Å². The first-order valence-corrected chi connectivity index (χ1v) is 9.73. The zero-order valence-corrected chi connectivity index (χ0v) is 16.3. The Morgan fingerprint density at radius 3 is 2.65 bits per heavy atom. The summed E-state index contributed by atoms with van der Waals surface area (Å²) in [6.07, 6.45) is -0.619. The second-order valence-corrected chi connectivity index (χ2v) is 8.44. The van der Waals surface area contributed by atoms with Crippen LogP contribution in [0.4, 0.5) is 5.13 Å². The highest BCUT2D eigenvalue weighted by molar-refractivity contribution is 9.10. The summed E-state index contributed by atoms with van der Waals surface area (Å²) in [5.74, 6) is 1.96. The number of hydrogen-bond donors (Lipinski definition) is 1. The van der Waals surface area contributed by atoms with Crippen LogP contribution < -0.4 is 10.1 Å². The number of ether oxygens (including phenoxy) is 1. The van der Waals surface area contributed by atoms with Crippen LogP contribution in [0.5, 0.6) is 5.75 Å². The van der Waals surface area contributed by atoms with Crippen molar-refractivity contribution < 1.29 is 9.53 Å². The molecule has 0 aliphatic rings. The summed E-state index contributed by atoms with van der Waals surface area (Å²) in [4.78, 5) is 12.1. The molecule has 0 radical (unpaired) electrons. The number of thioether (sulfide) groups is 1. The van der Waals surface area contributed by atoms with Crippen LogP contribution in [0, 0.1) is 5.92 Å². The first-order valence-electron chi connectivity index (χ1n) is 7.13. The first-order chi connectivity index (χ1) is 10.9. The summed E-state index contributed by atoms with van der Waals surface area (Å²) in [6, 6.07) is 7.34. The fraction of sp³-hybridized carbons (Fsp3) is 0.400. The van der Waals surface area contributed by atoms with Crippen LogP contribution in [0.15, 0.2) is 33.1 Å². The van der Waals surface area contributed by atoms with Gasteiger partial charge in [-0.25, -0.2) is 0 Å². The number of carbonyl (C=O) groups is 1. The maximum absolute atomic E-state index is 12.1. The minimum atomic E-state index is -0.619. The Hall–Kier alpha value is -1.12. The Morgan fingerprint density at radius 1 is 1.30 bits per heavy atom. The van der Waals surface area contributed by atoms with E-state index in [0.717, 1.165) is 14.6 Å². The molecule has 5 nitrogen and oxygen atoms in total. The van der Waals surface area contributed by atoms with Crippen molar-refractivity contribution in [2.24, 2.45) is 5.92 Å². The third kappa shape index (κ3) is 6.12. The lowest BCUT2D eigenvalue weighted by Gasteiger charge is -2.13. The van der Waals surface area contributed by atoms with E-state index in [2.05, 4.69) is 45.3 Å². The van der Waals surface area contributed by atoms with E-state index in [-0.39, 0.29) is 5.91 Å². The van der Waals surface area contributed by atoms with Gasteiger partial charge in [0.05, 0.1) is 0 Å². The molecule has 1 N–H and O–H groups in total. The van der Waals surface area contributed by atoms with Gasteiger partial charge in [0.25, 0.3) is 5.91 Å². The number of amides is 1. The van der Waals surface area contributed by atoms with E-state index >= 15 is 0 Å². The van der Waals surface area contributed by atoms with Gasteiger partial charge in [0, 0.05) is 10.2 Å². The summed E-state index contributed by atoms with van der Waals surface area (Å²) in [7, 11) is 0. The van der Waals surface area contributed by atoms with Crippen molar-refractivity contribution in [1.82, 2.24) is 10.2 Å². The molecule has 1 aromatic heterocycles. The molecule has 0 bridgehead atoms. The number of aromatic nitrogens is 2. The van der Waals surface area contributed by atoms with E-state index in [9.17, 15) is 4.79 Å². The monoisotopic (exact) mass is 415 g/mol. The minimum absolute atomic E-state index is 0.246. The molecular weight excluding hydrogens is 398 g/mol. The Labute approximate surface area is 152 Å². The van der Waals surface area contributed by atoms with Crippen LogP contribution in [0.3, 0.4) is 0 Å². The van der Waals surface area contributed by atoms with Crippen molar-refractivity contribution in [2.75, 3.05) is 11.1 Å². The highest BCUT2D eigenvalue weighted by atomic mass is 79.9. The van der Waals surface area contributed by atoms with Gasteiger partial charge in [0.1, 0.15) is 5.75 Å². The second kappa shape index (κ2) is 8.65. The number of nitrogens with zero attached hydrogens (tertiary/aromatic N) is 2. The van der Waals surface area contributed by atoms with Gasteiger partial charge in [0.2, 0.25) is 5.13 Å². The molecule has 0 aliphatic carbocycles. The summed E-state index contributed by atoms with van der Waals surface area (Å²) < 4.78 is 7.42. The number of anilines is 1. The lowest BCUT2D eigenvalue weighted by molar-refractivity contribution is -0.122. The maximum atomic E-state index is 12.1. The predicted octanol–water partition coefficient (Wildman–Crippen LogP) is 4.45. The SMILES string of the molecule is CC(C)CSc1nnc(NC(=O)[C@@H](C)Oc2ccc(Br)cc2)s1. The largest absolute Gasteiger partial charge is 0.481 e. The summed E-state index contributed by atoms with van der Waals surface area (Å²) in [6.45, 7) is 6.00. The van der Waals surface area contributed by atoms with Crippen molar-refractivity contribution in [1.29, 1.82) is 0 Å². The summed E-state index contributed by atoms with van der Waals surface area (Å²) >= 11 is 6.38. The van der Waals surface area contributed by atoms with Crippen LogP contribution in [0.2, 0.25) is 0 Å². The maximum Gasteiger partial charge on any atom is 0.266 e. The van der Waals surface area contributed by atoms with E-state index in [0.29, 0.717) is 16.8 Å². The normalized spacial score (nSPS) is 12.2. The molecule has 2 aromatic rings. The molecule has 0 fully saturated rings. The Kier molecular flexibility index (Phi) is 6.86. The van der Waals surface area contributed by atoms with Gasteiger partial charge < -0.3 is 4.74 Å². The average molecular weight is 416 g/mol. The quantitative estimate of drug-likeness (QED) is 0.534. The molecule has 1 atom stereocenters. The highest BCUT2D eigenvalue weighted by Crippen LogP contribution is 2.27. The summed E-state index contributed by atoms with van der Waals surface area (Å²) in [5, 5.41) is 11.3. The van der Waals surface area contributed by atoms with Gasteiger partial charge in [-0.05, 0) is 37.1 Å². The number of nitrogens with one attached hydrogen (secondary N) is 1. The van der Waals surface area contributed by atoms with E-state index in [1.54, 1.807) is 30.8 Å². The molecule has 2 rings (SSSR count). The lowest BCUT2D eigenvalue weighted by atomic mass is 10.3. The second-order valence-electron chi connectivity index (χ2n) is 5.28. The molecule has 0 saturated heterocycles. The third-order valence-corrected chi connectivity index (χ3v) is 5.60. The number of hydrogen-bond acceptors (Lipinski definition) is 6. The van der Waals surface area contributed by atoms with E-state index < -0.39 is 6.10 Å². The molecule has 1 aromatic carbocycles. The molecule has 0 unspecified atom stereocenters. The molecule has 8 heteroatoms. The molecule has 1 heterocycles. The van der Waals surface area contributed by atoms with Crippen molar-refractivity contribution in [3.8, 4) is 5.75 Å². The fourth-order valence-corrected chi connectivity index (χ4v) is 3.53. The standard InChI is InChI=1S/C15H18BrN3O2S2/c1-9(2)8-22-15-19-18-14(23-15)17-13(20)10(3)21-12-6-4-11(16)5-7-12/h4-7,9-10H,8H2,1-3H3,(H,17,18,20)/t10-/m1/s1.